The van der Waals surface area contributed by atoms with Gasteiger partial charge in [0.25, 0.3) is 5.91 Å². The molecule has 9 heteroatoms. The van der Waals surface area contributed by atoms with Crippen LogP contribution in [-0.4, -0.2) is 41.7 Å². The quantitative estimate of drug-likeness (QED) is 0.333. The first kappa shape index (κ1) is 26.1. The van der Waals surface area contributed by atoms with Crippen molar-refractivity contribution in [3.8, 4) is 11.5 Å². The second-order valence-corrected chi connectivity index (χ2v) is 9.17. The highest BCUT2D eigenvalue weighted by atomic mass is 35.5. The normalized spacial score (nSPS) is 13.6. The van der Waals surface area contributed by atoms with Gasteiger partial charge in [-0.2, -0.15) is 0 Å². The van der Waals surface area contributed by atoms with Crippen LogP contribution in [0.3, 0.4) is 0 Å². The molecule has 2 aromatic rings. The predicted octanol–water partition coefficient (Wildman–Crippen LogP) is 6.40. The second kappa shape index (κ2) is 12.8. The van der Waals surface area contributed by atoms with E-state index in [2.05, 4.69) is 4.98 Å². The summed E-state index contributed by atoms with van der Waals surface area (Å²) in [6, 6.07) is 5.43. The number of carbonyl (C=O) groups excluding carboxylic acids is 1. The number of carboxylic acid groups (broad SMARTS) is 1. The van der Waals surface area contributed by atoms with E-state index in [1.807, 2.05) is 12.1 Å². The molecule has 0 atom stereocenters. The molecule has 0 radical (unpaired) electrons. The third kappa shape index (κ3) is 7.00. The molecule has 0 saturated heterocycles. The van der Waals surface area contributed by atoms with Crippen molar-refractivity contribution in [2.45, 2.75) is 63.9 Å². The molecule has 1 fully saturated rings. The van der Waals surface area contributed by atoms with Gasteiger partial charge in [-0.25, -0.2) is 0 Å². The molecule has 184 valence electrons. The standard InChI is InChI=1S/C25H30Cl2N2O5/c1-33-21-12-11-17(14-22(21)34-18-8-5-6-9-18)29(13-7-3-2-4-10-23(30)31)25(32)24-19(26)15-28-16-20(24)27/h11-12,14-16,18H,2-10,13H2,1H3,(H,30,31). The van der Waals surface area contributed by atoms with E-state index < -0.39 is 5.97 Å². The van der Waals surface area contributed by atoms with Gasteiger partial charge in [0.15, 0.2) is 11.5 Å². The van der Waals surface area contributed by atoms with Crippen molar-refractivity contribution in [1.82, 2.24) is 4.98 Å². The van der Waals surface area contributed by atoms with Gasteiger partial charge in [-0.1, -0.05) is 36.0 Å². The Morgan fingerprint density at radius 1 is 1.06 bits per heavy atom. The summed E-state index contributed by atoms with van der Waals surface area (Å²) in [5.41, 5.74) is 0.839. The van der Waals surface area contributed by atoms with Crippen LogP contribution in [0.5, 0.6) is 11.5 Å². The first-order valence-corrected chi connectivity index (χ1v) is 12.3. The number of pyridine rings is 1. The average molecular weight is 509 g/mol. The minimum atomic E-state index is -0.799. The fourth-order valence-electron chi connectivity index (χ4n) is 4.11. The molecule has 34 heavy (non-hydrogen) atoms. The van der Waals surface area contributed by atoms with Crippen molar-refractivity contribution in [1.29, 1.82) is 0 Å². The van der Waals surface area contributed by atoms with Gasteiger partial charge in [-0.3, -0.25) is 14.6 Å². The van der Waals surface area contributed by atoms with E-state index in [4.69, 9.17) is 37.8 Å². The first-order chi connectivity index (χ1) is 16.4. The Labute approximate surface area is 210 Å². The zero-order valence-electron chi connectivity index (χ0n) is 19.3. The number of methoxy groups -OCH3 is 1. The number of anilines is 1. The van der Waals surface area contributed by atoms with Crippen molar-refractivity contribution in [3.63, 3.8) is 0 Å². The van der Waals surface area contributed by atoms with Crippen LogP contribution in [0.25, 0.3) is 0 Å². The SMILES string of the molecule is COc1ccc(N(CCCCCCC(=O)O)C(=O)c2c(Cl)cncc2Cl)cc1OC1CCCC1. The number of nitrogens with zero attached hydrogens (tertiary/aromatic N) is 2. The van der Waals surface area contributed by atoms with Crippen molar-refractivity contribution in [2.24, 2.45) is 0 Å². The molecule has 1 amide bonds. The number of carboxylic acids is 1. The lowest BCUT2D eigenvalue weighted by Crippen LogP contribution is -2.32. The van der Waals surface area contributed by atoms with Crippen LogP contribution >= 0.6 is 23.2 Å². The molecular weight excluding hydrogens is 479 g/mol. The van der Waals surface area contributed by atoms with Crippen LogP contribution in [0.4, 0.5) is 5.69 Å². The summed E-state index contributed by atoms with van der Waals surface area (Å²) in [6.07, 6.45) is 10.2. The van der Waals surface area contributed by atoms with Crippen LogP contribution in [0.1, 0.15) is 68.1 Å². The van der Waals surface area contributed by atoms with Gasteiger partial charge >= 0.3 is 5.97 Å². The van der Waals surface area contributed by atoms with E-state index in [1.165, 1.54) is 12.4 Å². The smallest absolute Gasteiger partial charge is 0.303 e. The maximum absolute atomic E-state index is 13.6. The molecule has 0 aliphatic heterocycles. The number of aliphatic carboxylic acids is 1. The van der Waals surface area contributed by atoms with Gasteiger partial charge in [-0.15, -0.1) is 0 Å². The van der Waals surface area contributed by atoms with Gasteiger partial charge in [0, 0.05) is 37.1 Å². The maximum Gasteiger partial charge on any atom is 0.303 e. The van der Waals surface area contributed by atoms with Gasteiger partial charge in [0.05, 0.1) is 28.8 Å². The van der Waals surface area contributed by atoms with Crippen molar-refractivity contribution >= 4 is 40.8 Å². The average Bonchev–Trinajstić information content (AvgIpc) is 3.31. The topological polar surface area (TPSA) is 89.0 Å². The predicted molar refractivity (Wildman–Crippen MR) is 133 cm³/mol. The van der Waals surface area contributed by atoms with Crippen molar-refractivity contribution < 1.29 is 24.2 Å². The Morgan fingerprint density at radius 2 is 1.74 bits per heavy atom. The summed E-state index contributed by atoms with van der Waals surface area (Å²) in [5, 5.41) is 9.18. The fraction of sp³-hybridized carbons (Fsp3) is 0.480. The lowest BCUT2D eigenvalue weighted by molar-refractivity contribution is -0.137. The Balaban J connectivity index is 1.84. The van der Waals surface area contributed by atoms with E-state index in [1.54, 1.807) is 18.1 Å². The Hall–Kier alpha value is -2.51. The molecule has 1 N–H and O–H groups in total. The monoisotopic (exact) mass is 508 g/mol. The van der Waals surface area contributed by atoms with E-state index in [0.29, 0.717) is 36.6 Å². The van der Waals surface area contributed by atoms with E-state index in [0.717, 1.165) is 38.5 Å². The number of amides is 1. The molecule has 0 bridgehead atoms. The Bertz CT molecular complexity index is 975. The first-order valence-electron chi connectivity index (χ1n) is 11.6. The van der Waals surface area contributed by atoms with Crippen LogP contribution in [0, 0.1) is 0 Å². The molecule has 0 spiro atoms. The zero-order valence-corrected chi connectivity index (χ0v) is 20.8. The third-order valence-corrected chi connectivity index (χ3v) is 6.46. The number of halogens is 2. The summed E-state index contributed by atoms with van der Waals surface area (Å²) in [7, 11) is 1.59. The van der Waals surface area contributed by atoms with E-state index in [9.17, 15) is 9.59 Å². The maximum atomic E-state index is 13.6. The Kier molecular flexibility index (Phi) is 9.84. The van der Waals surface area contributed by atoms with Crippen LogP contribution in [0.2, 0.25) is 10.0 Å². The number of unbranched alkanes of at least 4 members (excludes halogenated alkanes) is 3. The number of rotatable bonds is 12. The van der Waals surface area contributed by atoms with Crippen molar-refractivity contribution in [3.05, 3.63) is 46.2 Å². The molecule has 1 aromatic heterocycles. The Morgan fingerprint density at radius 3 is 2.38 bits per heavy atom. The summed E-state index contributed by atoms with van der Waals surface area (Å²) >= 11 is 12.6. The molecule has 1 aliphatic carbocycles. The van der Waals surface area contributed by atoms with Gasteiger partial charge < -0.3 is 19.5 Å². The molecule has 1 aromatic carbocycles. The van der Waals surface area contributed by atoms with Gasteiger partial charge in [-0.05, 0) is 50.7 Å². The third-order valence-electron chi connectivity index (χ3n) is 5.89. The van der Waals surface area contributed by atoms with E-state index >= 15 is 0 Å². The number of aromatic nitrogens is 1. The molecule has 0 unspecified atom stereocenters. The van der Waals surface area contributed by atoms with Crippen LogP contribution in [-0.2, 0) is 4.79 Å². The second-order valence-electron chi connectivity index (χ2n) is 8.35. The number of carbonyl (C=O) groups is 2. The molecular formula is C25H30Cl2N2O5. The summed E-state index contributed by atoms with van der Waals surface area (Å²) in [4.78, 5) is 29.9. The van der Waals surface area contributed by atoms with Crippen LogP contribution < -0.4 is 14.4 Å². The summed E-state index contributed by atoms with van der Waals surface area (Å²) in [5.74, 6) is 0.0708. The minimum Gasteiger partial charge on any atom is -0.493 e. The molecule has 1 aliphatic rings. The number of hydrogen-bond donors (Lipinski definition) is 1. The highest BCUT2D eigenvalue weighted by molar-refractivity contribution is 6.40. The highest BCUT2D eigenvalue weighted by Gasteiger charge is 2.25. The van der Waals surface area contributed by atoms with Crippen molar-refractivity contribution in [2.75, 3.05) is 18.6 Å². The summed E-state index contributed by atoms with van der Waals surface area (Å²) in [6.45, 7) is 0.413. The van der Waals surface area contributed by atoms with Gasteiger partial charge in [0.1, 0.15) is 0 Å². The van der Waals surface area contributed by atoms with Gasteiger partial charge in [0.2, 0.25) is 0 Å². The highest BCUT2D eigenvalue weighted by Crippen LogP contribution is 2.36. The molecule has 1 saturated carbocycles. The molecule has 3 rings (SSSR count). The summed E-state index contributed by atoms with van der Waals surface area (Å²) < 4.78 is 11.7. The number of hydrogen-bond acceptors (Lipinski definition) is 5. The van der Waals surface area contributed by atoms with Crippen LogP contribution in [0.15, 0.2) is 30.6 Å². The minimum absolute atomic E-state index is 0.131. The number of ether oxygens (including phenoxy) is 2. The molecule has 7 nitrogen and oxygen atoms in total. The van der Waals surface area contributed by atoms with E-state index in [-0.39, 0.29) is 34.0 Å². The fourth-order valence-corrected chi connectivity index (χ4v) is 4.64. The largest absolute Gasteiger partial charge is 0.493 e. The molecule has 1 heterocycles. The lowest BCUT2D eigenvalue weighted by Gasteiger charge is -2.25. The lowest BCUT2D eigenvalue weighted by atomic mass is 10.1. The zero-order chi connectivity index (χ0) is 24.5. The number of benzene rings is 1.